The minimum atomic E-state index is -4.51. The van der Waals surface area contributed by atoms with Gasteiger partial charge in [-0.05, 0) is 81.4 Å². The summed E-state index contributed by atoms with van der Waals surface area (Å²) in [6.07, 6.45) is 2.86. The topological polar surface area (TPSA) is 104 Å². The van der Waals surface area contributed by atoms with E-state index in [-0.39, 0.29) is 29.6 Å². The zero-order valence-electron chi connectivity index (χ0n) is 20.5. The first-order chi connectivity index (χ1) is 14.5. The van der Waals surface area contributed by atoms with Crippen molar-refractivity contribution in [1.82, 2.24) is 0 Å². The van der Waals surface area contributed by atoms with Gasteiger partial charge in [-0.25, -0.2) is 4.18 Å². The summed E-state index contributed by atoms with van der Waals surface area (Å²) in [6, 6.07) is 0. The molecule has 0 bridgehead atoms. The molecule has 6 nitrogen and oxygen atoms in total. The molecule has 3 fully saturated rings. The van der Waals surface area contributed by atoms with E-state index in [0.29, 0.717) is 38.5 Å². The molecule has 0 aromatic heterocycles. The van der Waals surface area contributed by atoms with Crippen LogP contribution in [0.5, 0.6) is 0 Å². The SMILES string of the molecule is [2H]C([2H])([2H])[C@]([2H])(O)[C@@]1(O)CC[C@H]2[C@@H]3CC=C4C[C@H](OS(=O)(=O)O)CC[C@]4(C)[C@H]3CC[C@@]21C. The summed E-state index contributed by atoms with van der Waals surface area (Å²) >= 11 is 0. The van der Waals surface area contributed by atoms with Gasteiger partial charge >= 0.3 is 10.4 Å². The van der Waals surface area contributed by atoms with Gasteiger partial charge in [0.25, 0.3) is 0 Å². The predicted octanol–water partition coefficient (Wildman–Crippen LogP) is 3.25. The first-order valence-electron chi connectivity index (χ1n) is 12.3. The number of aliphatic hydroxyl groups is 2. The van der Waals surface area contributed by atoms with Gasteiger partial charge < -0.3 is 10.2 Å². The van der Waals surface area contributed by atoms with E-state index in [9.17, 15) is 18.6 Å². The van der Waals surface area contributed by atoms with Crippen molar-refractivity contribution >= 4 is 10.4 Å². The fourth-order valence-electron chi connectivity index (χ4n) is 7.29. The van der Waals surface area contributed by atoms with E-state index < -0.39 is 40.5 Å². The van der Waals surface area contributed by atoms with Crippen molar-refractivity contribution in [1.29, 1.82) is 0 Å². The van der Waals surface area contributed by atoms with E-state index in [1.165, 1.54) is 0 Å². The summed E-state index contributed by atoms with van der Waals surface area (Å²) in [5.74, 6) is 0.441. The first kappa shape index (κ1) is 16.3. The molecule has 0 spiro atoms. The van der Waals surface area contributed by atoms with Crippen LogP contribution in [-0.4, -0.2) is 41.0 Å². The monoisotopic (exact) mass is 418 g/mol. The lowest BCUT2D eigenvalue weighted by atomic mass is 9.46. The lowest BCUT2D eigenvalue weighted by Crippen LogP contribution is -2.58. The molecule has 0 saturated heterocycles. The maximum Gasteiger partial charge on any atom is 0.397 e. The van der Waals surface area contributed by atoms with Crippen LogP contribution in [0.25, 0.3) is 0 Å². The Morgan fingerprint density at radius 1 is 1.25 bits per heavy atom. The third-order valence-corrected chi connectivity index (χ3v) is 9.38. The molecule has 28 heavy (non-hydrogen) atoms. The Labute approximate surface area is 173 Å². The first-order valence-corrected chi connectivity index (χ1v) is 11.6. The van der Waals surface area contributed by atoms with E-state index in [4.69, 9.17) is 14.2 Å². The second-order valence-corrected chi connectivity index (χ2v) is 10.9. The second-order valence-electron chi connectivity index (χ2n) is 9.85. The molecule has 0 aromatic carbocycles. The Bertz CT molecular complexity index is 918. The van der Waals surface area contributed by atoms with Crippen molar-refractivity contribution in [2.45, 2.75) is 89.9 Å². The van der Waals surface area contributed by atoms with E-state index in [0.717, 1.165) is 12.0 Å². The summed E-state index contributed by atoms with van der Waals surface area (Å²) in [7, 11) is -4.51. The van der Waals surface area contributed by atoms with Crippen LogP contribution in [0, 0.1) is 28.6 Å². The summed E-state index contributed by atoms with van der Waals surface area (Å²) in [4.78, 5) is 0. The number of fused-ring (bicyclic) bond motifs is 5. The fourth-order valence-corrected chi connectivity index (χ4v) is 7.79. The molecule has 7 heteroatoms. The fraction of sp³-hybridized carbons (Fsp3) is 0.905. The van der Waals surface area contributed by atoms with Crippen molar-refractivity contribution in [3.63, 3.8) is 0 Å². The van der Waals surface area contributed by atoms with Gasteiger partial charge in [-0.3, -0.25) is 4.55 Å². The standard InChI is InChI=1S/C21H34O6S/c1-13(22)21(23)11-8-18-16-5-4-14-12-15(27-28(24,25)26)6-9-19(14,2)17(16)7-10-20(18,21)3/h4,13,15-18,22-23H,5-12H2,1-3H3,(H,24,25,26)/t13-,15+,16+,17-,18-,19-,20-,21-/m0/s1/i1D3,13D. The molecule has 3 saturated carbocycles. The van der Waals surface area contributed by atoms with Crippen molar-refractivity contribution in [3.8, 4) is 0 Å². The Kier molecular flexibility index (Phi) is 3.78. The van der Waals surface area contributed by atoms with Crippen LogP contribution < -0.4 is 0 Å². The third kappa shape index (κ3) is 2.92. The molecular formula is C21H34O6S. The Balaban J connectivity index is 1.63. The molecule has 0 amide bonds. The maximum atomic E-state index is 11.5. The van der Waals surface area contributed by atoms with Gasteiger partial charge in [0.15, 0.2) is 0 Å². The zero-order chi connectivity index (χ0) is 24.0. The van der Waals surface area contributed by atoms with Crippen LogP contribution in [0.2, 0.25) is 0 Å². The molecule has 0 aliphatic heterocycles. The van der Waals surface area contributed by atoms with Crippen molar-refractivity contribution in [2.75, 3.05) is 0 Å². The molecule has 4 aliphatic carbocycles. The third-order valence-electron chi connectivity index (χ3n) is 8.86. The summed E-state index contributed by atoms with van der Waals surface area (Å²) in [5, 5.41) is 22.3. The van der Waals surface area contributed by atoms with Gasteiger partial charge in [-0.2, -0.15) is 8.42 Å². The lowest BCUT2D eigenvalue weighted by molar-refractivity contribution is -0.170. The highest BCUT2D eigenvalue weighted by Gasteiger charge is 2.65. The summed E-state index contributed by atoms with van der Waals surface area (Å²) in [5.41, 5.74) is -1.93. The molecule has 0 aromatic rings. The van der Waals surface area contributed by atoms with E-state index in [1.54, 1.807) is 0 Å². The smallest absolute Gasteiger partial charge is 0.390 e. The molecule has 4 aliphatic rings. The molecule has 4 rings (SSSR count). The lowest BCUT2D eigenvalue weighted by Gasteiger charge is -2.59. The molecule has 0 radical (unpaired) electrons. The Hall–Kier alpha value is -0.470. The van der Waals surface area contributed by atoms with Gasteiger partial charge in [-0.1, -0.05) is 25.5 Å². The van der Waals surface area contributed by atoms with E-state index >= 15 is 0 Å². The van der Waals surface area contributed by atoms with Crippen molar-refractivity contribution < 1.29 is 32.8 Å². The van der Waals surface area contributed by atoms with Crippen LogP contribution in [0.4, 0.5) is 0 Å². The average Bonchev–Trinajstić information content (AvgIpc) is 2.93. The van der Waals surface area contributed by atoms with Crippen molar-refractivity contribution in [2.24, 2.45) is 28.6 Å². The minimum Gasteiger partial charge on any atom is -0.390 e. The summed E-state index contributed by atoms with van der Waals surface area (Å²) in [6.45, 7) is 1.00. The van der Waals surface area contributed by atoms with Crippen LogP contribution in [0.1, 0.15) is 77.5 Å². The highest BCUT2D eigenvalue weighted by Crippen LogP contribution is 2.67. The maximum absolute atomic E-state index is 11.5. The highest BCUT2D eigenvalue weighted by atomic mass is 32.3. The molecule has 0 unspecified atom stereocenters. The van der Waals surface area contributed by atoms with Gasteiger partial charge in [0.2, 0.25) is 0 Å². The van der Waals surface area contributed by atoms with Crippen LogP contribution >= 0.6 is 0 Å². The second kappa shape index (κ2) is 6.51. The largest absolute Gasteiger partial charge is 0.397 e. The van der Waals surface area contributed by atoms with E-state index in [1.807, 2.05) is 6.92 Å². The molecule has 160 valence electrons. The van der Waals surface area contributed by atoms with Crippen LogP contribution in [-0.2, 0) is 14.6 Å². The van der Waals surface area contributed by atoms with Gasteiger partial charge in [0.1, 0.15) is 0 Å². The summed E-state index contributed by atoms with van der Waals surface area (Å²) < 4.78 is 67.5. The molecule has 0 heterocycles. The Morgan fingerprint density at radius 2 is 1.96 bits per heavy atom. The number of allylic oxidation sites excluding steroid dienone is 1. The van der Waals surface area contributed by atoms with Crippen LogP contribution in [0.3, 0.4) is 0 Å². The molecular weight excluding hydrogens is 380 g/mol. The number of hydrogen-bond acceptors (Lipinski definition) is 5. The van der Waals surface area contributed by atoms with Gasteiger partial charge in [0, 0.05) is 9.53 Å². The van der Waals surface area contributed by atoms with E-state index in [2.05, 4.69) is 13.0 Å². The minimum absolute atomic E-state index is 0.0214. The number of hydrogen-bond donors (Lipinski definition) is 3. The normalized spacial score (nSPS) is 53.2. The molecule has 8 atom stereocenters. The van der Waals surface area contributed by atoms with Gasteiger partial charge in [0.05, 0.1) is 19.2 Å². The zero-order valence-corrected chi connectivity index (χ0v) is 17.3. The average molecular weight is 419 g/mol. The Morgan fingerprint density at radius 3 is 2.64 bits per heavy atom. The van der Waals surface area contributed by atoms with Gasteiger partial charge in [-0.15, -0.1) is 0 Å². The van der Waals surface area contributed by atoms with Crippen LogP contribution in [0.15, 0.2) is 11.6 Å². The predicted molar refractivity (Wildman–Crippen MR) is 105 cm³/mol. The number of rotatable bonds is 3. The van der Waals surface area contributed by atoms with Crippen molar-refractivity contribution in [3.05, 3.63) is 11.6 Å². The highest BCUT2D eigenvalue weighted by molar-refractivity contribution is 7.80. The molecule has 3 N–H and O–H groups in total. The quantitative estimate of drug-likeness (QED) is 0.480.